The zero-order valence-electron chi connectivity index (χ0n) is 13.6. The van der Waals surface area contributed by atoms with Gasteiger partial charge in [0.2, 0.25) is 11.9 Å². The quantitative estimate of drug-likeness (QED) is 0.663. The molecule has 0 aliphatic heterocycles. The molecule has 0 aromatic carbocycles. The predicted molar refractivity (Wildman–Crippen MR) is 85.1 cm³/mol. The van der Waals surface area contributed by atoms with Crippen molar-refractivity contribution >= 4 is 17.5 Å². The fraction of sp³-hybridized carbons (Fsp3) is 0.667. The highest BCUT2D eigenvalue weighted by Gasteiger charge is 2.34. The Balaban J connectivity index is 2.08. The third-order valence-electron chi connectivity index (χ3n) is 3.72. The summed E-state index contributed by atoms with van der Waals surface area (Å²) < 4.78 is 38.9. The van der Waals surface area contributed by atoms with Gasteiger partial charge >= 0.3 is 0 Å². The third kappa shape index (κ3) is 5.07. The summed E-state index contributed by atoms with van der Waals surface area (Å²) in [5, 5.41) is 8.63. The Kier molecular flexibility index (Phi) is 5.43. The van der Waals surface area contributed by atoms with Gasteiger partial charge in [0, 0.05) is 37.7 Å². The summed E-state index contributed by atoms with van der Waals surface area (Å²) in [7, 11) is 1.64. The predicted octanol–water partition coefficient (Wildman–Crippen LogP) is 3.56. The van der Waals surface area contributed by atoms with E-state index in [1.54, 1.807) is 20.0 Å². The minimum Gasteiger partial charge on any atom is -0.367 e. The van der Waals surface area contributed by atoms with Crippen molar-refractivity contribution in [1.82, 2.24) is 9.97 Å². The summed E-state index contributed by atoms with van der Waals surface area (Å²) in [6.07, 6.45) is 0.587. The highest BCUT2D eigenvalue weighted by atomic mass is 19.3. The zero-order chi connectivity index (χ0) is 17.0. The van der Waals surface area contributed by atoms with Gasteiger partial charge in [0.25, 0.3) is 0 Å². The van der Waals surface area contributed by atoms with Crippen molar-refractivity contribution in [3.8, 4) is 0 Å². The standard InChI is InChI=1S/C15H22F3N5/c1-10-8-13(20-12-4-6-15(17,18)7-5-12)21-14(19-10)23(3)22-11(2)9-16/h8,12H,4-7,9H2,1-3H3,(H,19,20,21)/b22-11+. The van der Waals surface area contributed by atoms with Crippen molar-refractivity contribution in [2.75, 3.05) is 24.0 Å². The lowest BCUT2D eigenvalue weighted by Gasteiger charge is -2.29. The summed E-state index contributed by atoms with van der Waals surface area (Å²) in [4.78, 5) is 8.60. The monoisotopic (exact) mass is 329 g/mol. The van der Waals surface area contributed by atoms with Crippen LogP contribution in [-0.4, -0.2) is 41.4 Å². The van der Waals surface area contributed by atoms with Crippen molar-refractivity contribution in [3.63, 3.8) is 0 Å². The van der Waals surface area contributed by atoms with Gasteiger partial charge in [-0.1, -0.05) is 0 Å². The van der Waals surface area contributed by atoms with Gasteiger partial charge in [0.15, 0.2) is 0 Å². The van der Waals surface area contributed by atoms with E-state index in [1.165, 1.54) is 5.01 Å². The molecule has 0 amide bonds. The first kappa shape index (κ1) is 17.5. The van der Waals surface area contributed by atoms with Crippen LogP contribution in [0.1, 0.15) is 38.3 Å². The Hall–Kier alpha value is -1.86. The van der Waals surface area contributed by atoms with E-state index >= 15 is 0 Å². The van der Waals surface area contributed by atoms with E-state index in [1.807, 2.05) is 6.92 Å². The van der Waals surface area contributed by atoms with Crippen LogP contribution in [0.25, 0.3) is 0 Å². The maximum absolute atomic E-state index is 13.2. The van der Waals surface area contributed by atoms with Crippen molar-refractivity contribution in [3.05, 3.63) is 11.8 Å². The van der Waals surface area contributed by atoms with E-state index in [0.717, 1.165) is 5.69 Å². The number of anilines is 2. The van der Waals surface area contributed by atoms with Crippen LogP contribution in [0.5, 0.6) is 0 Å². The molecule has 1 aliphatic carbocycles. The van der Waals surface area contributed by atoms with E-state index in [-0.39, 0.29) is 18.9 Å². The van der Waals surface area contributed by atoms with Gasteiger partial charge in [-0.2, -0.15) is 10.1 Å². The van der Waals surface area contributed by atoms with Gasteiger partial charge in [-0.25, -0.2) is 23.2 Å². The highest BCUT2D eigenvalue weighted by Crippen LogP contribution is 2.34. The van der Waals surface area contributed by atoms with Crippen molar-refractivity contribution in [2.24, 2.45) is 5.10 Å². The van der Waals surface area contributed by atoms with E-state index in [9.17, 15) is 13.2 Å². The highest BCUT2D eigenvalue weighted by molar-refractivity contribution is 5.83. The Morgan fingerprint density at radius 3 is 2.65 bits per heavy atom. The molecule has 0 atom stereocenters. The summed E-state index contributed by atoms with van der Waals surface area (Å²) in [5.41, 5.74) is 1.04. The Morgan fingerprint density at radius 1 is 1.39 bits per heavy atom. The van der Waals surface area contributed by atoms with E-state index in [2.05, 4.69) is 20.4 Å². The van der Waals surface area contributed by atoms with Crippen molar-refractivity contribution in [2.45, 2.75) is 51.5 Å². The second-order valence-corrected chi connectivity index (χ2v) is 5.96. The minimum atomic E-state index is -2.55. The van der Waals surface area contributed by atoms with Gasteiger partial charge in [0.1, 0.15) is 12.5 Å². The van der Waals surface area contributed by atoms with Crippen LogP contribution in [0.3, 0.4) is 0 Å². The van der Waals surface area contributed by atoms with Crippen LogP contribution in [0.4, 0.5) is 24.9 Å². The molecule has 1 aromatic heterocycles. The Morgan fingerprint density at radius 2 is 2.04 bits per heavy atom. The molecule has 1 N–H and O–H groups in total. The van der Waals surface area contributed by atoms with Crippen LogP contribution >= 0.6 is 0 Å². The van der Waals surface area contributed by atoms with Gasteiger partial charge in [-0.3, -0.25) is 0 Å². The Bertz CT molecular complexity index is 566. The number of alkyl halides is 3. The largest absolute Gasteiger partial charge is 0.367 e. The molecule has 1 saturated carbocycles. The van der Waals surface area contributed by atoms with Gasteiger partial charge in [-0.15, -0.1) is 0 Å². The number of rotatable bonds is 5. The fourth-order valence-electron chi connectivity index (χ4n) is 2.49. The van der Waals surface area contributed by atoms with E-state index in [0.29, 0.717) is 30.3 Å². The molecule has 2 rings (SSSR count). The number of hydrogen-bond acceptors (Lipinski definition) is 5. The second-order valence-electron chi connectivity index (χ2n) is 5.96. The number of halogens is 3. The normalized spacial score (nSPS) is 18.8. The molecule has 1 aliphatic rings. The number of aryl methyl sites for hydroxylation is 1. The molecular formula is C15H22F3N5. The van der Waals surface area contributed by atoms with Crippen LogP contribution < -0.4 is 10.3 Å². The maximum Gasteiger partial charge on any atom is 0.248 e. The first-order valence-corrected chi connectivity index (χ1v) is 7.63. The van der Waals surface area contributed by atoms with Crippen molar-refractivity contribution < 1.29 is 13.2 Å². The van der Waals surface area contributed by atoms with Gasteiger partial charge < -0.3 is 5.32 Å². The average molecular weight is 329 g/mol. The molecule has 0 bridgehead atoms. The lowest BCUT2D eigenvalue weighted by molar-refractivity contribution is -0.0361. The molecule has 0 saturated heterocycles. The lowest BCUT2D eigenvalue weighted by Crippen LogP contribution is -2.32. The number of nitrogens with one attached hydrogen (secondary N) is 1. The molecular weight excluding hydrogens is 307 g/mol. The molecule has 23 heavy (non-hydrogen) atoms. The fourth-order valence-corrected chi connectivity index (χ4v) is 2.49. The van der Waals surface area contributed by atoms with Crippen molar-refractivity contribution in [1.29, 1.82) is 0 Å². The van der Waals surface area contributed by atoms with Crippen LogP contribution in [0.2, 0.25) is 0 Å². The van der Waals surface area contributed by atoms with E-state index < -0.39 is 12.6 Å². The molecule has 1 aromatic rings. The third-order valence-corrected chi connectivity index (χ3v) is 3.72. The summed E-state index contributed by atoms with van der Waals surface area (Å²) >= 11 is 0. The number of nitrogens with zero attached hydrogens (tertiary/aromatic N) is 4. The number of hydrazone groups is 1. The molecule has 0 unspecified atom stereocenters. The summed E-state index contributed by atoms with van der Waals surface area (Å²) in [6.45, 7) is 2.75. The maximum atomic E-state index is 13.2. The smallest absolute Gasteiger partial charge is 0.248 e. The zero-order valence-corrected chi connectivity index (χ0v) is 13.6. The van der Waals surface area contributed by atoms with E-state index in [4.69, 9.17) is 0 Å². The molecule has 1 fully saturated rings. The first-order valence-electron chi connectivity index (χ1n) is 7.63. The minimum absolute atomic E-state index is 0.0295. The first-order chi connectivity index (χ1) is 10.8. The molecule has 0 spiro atoms. The van der Waals surface area contributed by atoms with Crippen LogP contribution in [-0.2, 0) is 0 Å². The Labute approximate surface area is 134 Å². The van der Waals surface area contributed by atoms with Crippen LogP contribution in [0, 0.1) is 6.92 Å². The number of hydrogen-bond donors (Lipinski definition) is 1. The molecule has 8 heteroatoms. The SMILES string of the molecule is C/C(CF)=N\N(C)c1nc(C)cc(NC2CCC(F)(F)CC2)n1. The molecule has 5 nitrogen and oxygen atoms in total. The summed E-state index contributed by atoms with van der Waals surface area (Å²) in [5.74, 6) is -1.65. The number of aromatic nitrogens is 2. The average Bonchev–Trinajstić information content (AvgIpc) is 2.48. The topological polar surface area (TPSA) is 53.4 Å². The molecule has 1 heterocycles. The summed E-state index contributed by atoms with van der Waals surface area (Å²) in [6, 6.07) is 1.73. The van der Waals surface area contributed by atoms with Crippen LogP contribution in [0.15, 0.2) is 11.2 Å². The lowest BCUT2D eigenvalue weighted by atomic mass is 9.92. The van der Waals surface area contributed by atoms with Gasteiger partial charge in [-0.05, 0) is 26.7 Å². The second kappa shape index (κ2) is 7.14. The van der Waals surface area contributed by atoms with Gasteiger partial charge in [0.05, 0.1) is 5.71 Å². The molecule has 128 valence electrons. The molecule has 0 radical (unpaired) electrons.